The number of rotatable bonds is 5. The first-order chi connectivity index (χ1) is 8.60. The SMILES string of the molecule is CCOC(=O)C(Cc1ccccc1[N+](=O)[O-])=NO. The number of para-hydroxylation sites is 1. The largest absolute Gasteiger partial charge is 0.461 e. The van der Waals surface area contributed by atoms with Crippen LogP contribution in [0.1, 0.15) is 12.5 Å². The van der Waals surface area contributed by atoms with Crippen molar-refractivity contribution in [2.24, 2.45) is 5.16 Å². The molecule has 0 saturated carbocycles. The molecule has 0 aliphatic rings. The van der Waals surface area contributed by atoms with Crippen LogP contribution >= 0.6 is 0 Å². The number of oxime groups is 1. The second-order valence-corrected chi connectivity index (χ2v) is 3.33. The van der Waals surface area contributed by atoms with Crippen LogP contribution in [0.5, 0.6) is 0 Å². The summed E-state index contributed by atoms with van der Waals surface area (Å²) in [6.07, 6.45) is -0.160. The van der Waals surface area contributed by atoms with Gasteiger partial charge in [-0.25, -0.2) is 4.79 Å². The lowest BCUT2D eigenvalue weighted by Gasteiger charge is -2.04. The summed E-state index contributed by atoms with van der Waals surface area (Å²) in [4.78, 5) is 21.6. The van der Waals surface area contributed by atoms with Crippen molar-refractivity contribution in [1.82, 2.24) is 0 Å². The van der Waals surface area contributed by atoms with E-state index >= 15 is 0 Å². The molecule has 1 aromatic rings. The number of nitro benzene ring substituents is 1. The second kappa shape index (κ2) is 6.33. The lowest BCUT2D eigenvalue weighted by molar-refractivity contribution is -0.385. The molecule has 0 saturated heterocycles. The highest BCUT2D eigenvalue weighted by Crippen LogP contribution is 2.18. The van der Waals surface area contributed by atoms with Gasteiger partial charge in [-0.2, -0.15) is 0 Å². The number of hydrogen-bond donors (Lipinski definition) is 1. The molecule has 0 atom stereocenters. The van der Waals surface area contributed by atoms with Gasteiger partial charge >= 0.3 is 5.97 Å². The summed E-state index contributed by atoms with van der Waals surface area (Å²) in [5, 5.41) is 22.3. The average Bonchev–Trinajstić information content (AvgIpc) is 2.36. The maximum Gasteiger partial charge on any atom is 0.356 e. The van der Waals surface area contributed by atoms with Crippen LogP contribution in [0.3, 0.4) is 0 Å². The van der Waals surface area contributed by atoms with E-state index in [4.69, 9.17) is 5.21 Å². The Morgan fingerprint density at radius 2 is 2.17 bits per heavy atom. The van der Waals surface area contributed by atoms with Gasteiger partial charge in [-0.05, 0) is 6.92 Å². The van der Waals surface area contributed by atoms with E-state index in [-0.39, 0.29) is 30.0 Å². The number of ether oxygens (including phenoxy) is 1. The van der Waals surface area contributed by atoms with Crippen LogP contribution < -0.4 is 0 Å². The zero-order chi connectivity index (χ0) is 13.5. The monoisotopic (exact) mass is 252 g/mol. The summed E-state index contributed by atoms with van der Waals surface area (Å²) < 4.78 is 4.67. The van der Waals surface area contributed by atoms with Gasteiger partial charge in [0.15, 0.2) is 5.71 Å². The van der Waals surface area contributed by atoms with Crippen molar-refractivity contribution in [3.8, 4) is 0 Å². The van der Waals surface area contributed by atoms with Crippen LogP contribution in [0.2, 0.25) is 0 Å². The number of hydrogen-bond acceptors (Lipinski definition) is 6. The zero-order valence-corrected chi connectivity index (χ0v) is 9.70. The number of nitro groups is 1. The minimum absolute atomic E-state index is 0.134. The van der Waals surface area contributed by atoms with Crippen molar-refractivity contribution in [1.29, 1.82) is 0 Å². The molecular formula is C11H12N2O5. The van der Waals surface area contributed by atoms with Crippen molar-refractivity contribution in [2.75, 3.05) is 6.61 Å². The fourth-order valence-electron chi connectivity index (χ4n) is 1.38. The number of benzene rings is 1. The molecule has 1 N–H and O–H groups in total. The van der Waals surface area contributed by atoms with Crippen molar-refractivity contribution < 1.29 is 19.7 Å². The summed E-state index contributed by atoms with van der Waals surface area (Å²) in [7, 11) is 0. The molecule has 0 spiro atoms. The minimum atomic E-state index is -0.793. The number of esters is 1. The van der Waals surface area contributed by atoms with Gasteiger partial charge in [-0.1, -0.05) is 23.4 Å². The highest BCUT2D eigenvalue weighted by atomic mass is 16.6. The van der Waals surface area contributed by atoms with Gasteiger partial charge in [0, 0.05) is 18.1 Å². The molecule has 7 heteroatoms. The normalized spacial score (nSPS) is 11.1. The Kier molecular flexibility index (Phi) is 4.79. The third-order valence-corrected chi connectivity index (χ3v) is 2.18. The third kappa shape index (κ3) is 3.27. The molecule has 1 rings (SSSR count). The molecule has 0 aliphatic carbocycles. The van der Waals surface area contributed by atoms with Gasteiger partial charge in [0.25, 0.3) is 5.69 Å². The lowest BCUT2D eigenvalue weighted by atomic mass is 10.1. The molecule has 0 fully saturated rings. The van der Waals surface area contributed by atoms with Crippen LogP contribution in [-0.4, -0.2) is 28.4 Å². The number of carbonyl (C=O) groups is 1. The van der Waals surface area contributed by atoms with E-state index in [1.807, 2.05) is 0 Å². The zero-order valence-electron chi connectivity index (χ0n) is 9.70. The first-order valence-corrected chi connectivity index (χ1v) is 5.20. The Bertz CT molecular complexity index is 484. The third-order valence-electron chi connectivity index (χ3n) is 2.18. The summed E-state index contributed by atoms with van der Waals surface area (Å²) in [6, 6.07) is 5.92. The maximum atomic E-state index is 11.4. The number of carbonyl (C=O) groups excluding carboxylic acids is 1. The standard InChI is InChI=1S/C11H12N2O5/c1-2-18-11(14)9(12-15)7-8-5-3-4-6-10(8)13(16)17/h3-6,15H,2,7H2,1H3. The Balaban J connectivity index is 2.96. The molecule has 0 aliphatic heterocycles. The minimum Gasteiger partial charge on any atom is -0.461 e. The highest BCUT2D eigenvalue weighted by Gasteiger charge is 2.20. The topological polar surface area (TPSA) is 102 Å². The second-order valence-electron chi connectivity index (χ2n) is 3.33. The van der Waals surface area contributed by atoms with Crippen LogP contribution in [0.4, 0.5) is 5.69 Å². The smallest absolute Gasteiger partial charge is 0.356 e. The first-order valence-electron chi connectivity index (χ1n) is 5.20. The molecule has 1 aromatic carbocycles. The van der Waals surface area contributed by atoms with Crippen molar-refractivity contribution >= 4 is 17.4 Å². The molecule has 0 unspecified atom stereocenters. The summed E-state index contributed by atoms with van der Waals surface area (Å²) in [6.45, 7) is 1.74. The summed E-state index contributed by atoms with van der Waals surface area (Å²) in [5.41, 5.74) is -0.127. The van der Waals surface area contributed by atoms with Gasteiger partial charge in [0.1, 0.15) is 0 Å². The maximum absolute atomic E-state index is 11.4. The van der Waals surface area contributed by atoms with E-state index < -0.39 is 10.9 Å². The fourth-order valence-corrected chi connectivity index (χ4v) is 1.38. The molecule has 96 valence electrons. The fraction of sp³-hybridized carbons (Fsp3) is 0.273. The predicted molar refractivity (Wildman–Crippen MR) is 62.7 cm³/mol. The molecular weight excluding hydrogens is 240 g/mol. The van der Waals surface area contributed by atoms with E-state index in [1.165, 1.54) is 18.2 Å². The molecule has 18 heavy (non-hydrogen) atoms. The Morgan fingerprint density at radius 3 is 2.72 bits per heavy atom. The van der Waals surface area contributed by atoms with Crippen molar-refractivity contribution in [3.63, 3.8) is 0 Å². The summed E-state index contributed by atoms with van der Waals surface area (Å²) >= 11 is 0. The van der Waals surface area contributed by atoms with Crippen LogP contribution in [0.25, 0.3) is 0 Å². The van der Waals surface area contributed by atoms with Crippen molar-refractivity contribution in [2.45, 2.75) is 13.3 Å². The van der Waals surface area contributed by atoms with E-state index in [0.717, 1.165) is 0 Å². The Hall–Kier alpha value is -2.44. The van der Waals surface area contributed by atoms with Crippen LogP contribution in [0.15, 0.2) is 29.4 Å². The van der Waals surface area contributed by atoms with Crippen LogP contribution in [-0.2, 0) is 16.0 Å². The quantitative estimate of drug-likeness (QED) is 0.281. The summed E-state index contributed by atoms with van der Waals surface area (Å²) in [5.74, 6) is -0.793. The van der Waals surface area contributed by atoms with E-state index in [0.29, 0.717) is 0 Å². The van der Waals surface area contributed by atoms with E-state index in [9.17, 15) is 14.9 Å². The van der Waals surface area contributed by atoms with Gasteiger partial charge < -0.3 is 9.94 Å². The molecule has 0 bridgehead atoms. The van der Waals surface area contributed by atoms with Crippen molar-refractivity contribution in [3.05, 3.63) is 39.9 Å². The number of nitrogens with zero attached hydrogens (tertiary/aromatic N) is 2. The Labute approximate surface area is 103 Å². The van der Waals surface area contributed by atoms with Gasteiger partial charge in [-0.3, -0.25) is 10.1 Å². The first kappa shape index (κ1) is 13.6. The van der Waals surface area contributed by atoms with Gasteiger partial charge in [0.2, 0.25) is 0 Å². The molecule has 0 aromatic heterocycles. The van der Waals surface area contributed by atoms with E-state index in [2.05, 4.69) is 9.89 Å². The predicted octanol–water partition coefficient (Wildman–Crippen LogP) is 1.53. The van der Waals surface area contributed by atoms with Gasteiger partial charge in [0.05, 0.1) is 11.5 Å². The van der Waals surface area contributed by atoms with E-state index in [1.54, 1.807) is 13.0 Å². The average molecular weight is 252 g/mol. The molecule has 0 radical (unpaired) electrons. The molecule has 0 amide bonds. The molecule has 7 nitrogen and oxygen atoms in total. The van der Waals surface area contributed by atoms with Gasteiger partial charge in [-0.15, -0.1) is 0 Å². The lowest BCUT2D eigenvalue weighted by Crippen LogP contribution is -2.20. The van der Waals surface area contributed by atoms with Crippen LogP contribution in [0, 0.1) is 10.1 Å². The highest BCUT2D eigenvalue weighted by molar-refractivity contribution is 6.36. The molecule has 0 heterocycles. The Morgan fingerprint density at radius 1 is 1.50 bits per heavy atom.